The second-order valence-electron chi connectivity index (χ2n) is 5.08. The van der Waals surface area contributed by atoms with Gasteiger partial charge >= 0.3 is 0 Å². The van der Waals surface area contributed by atoms with Crippen LogP contribution < -0.4 is 5.73 Å². The predicted octanol–water partition coefficient (Wildman–Crippen LogP) is 2.39. The molecule has 19 heavy (non-hydrogen) atoms. The van der Waals surface area contributed by atoms with Crippen molar-refractivity contribution in [3.05, 3.63) is 34.9 Å². The summed E-state index contributed by atoms with van der Waals surface area (Å²) >= 11 is 0. The van der Waals surface area contributed by atoms with Gasteiger partial charge in [0, 0.05) is 19.3 Å². The van der Waals surface area contributed by atoms with Crippen molar-refractivity contribution in [2.45, 2.75) is 32.6 Å². The Balaban J connectivity index is 3.49. The SMILES string of the molecule is C=C(C)CN(C)S(=O)(=O)c1c(C)c(C)cc(N)c1C. The summed E-state index contributed by atoms with van der Waals surface area (Å²) in [5.74, 6) is 0. The van der Waals surface area contributed by atoms with E-state index in [0.29, 0.717) is 22.7 Å². The Morgan fingerprint density at radius 1 is 1.32 bits per heavy atom. The van der Waals surface area contributed by atoms with Gasteiger partial charge in [-0.25, -0.2) is 8.42 Å². The molecule has 0 unspecified atom stereocenters. The molecule has 0 bridgehead atoms. The van der Waals surface area contributed by atoms with Crippen molar-refractivity contribution in [3.63, 3.8) is 0 Å². The van der Waals surface area contributed by atoms with Gasteiger partial charge in [0.05, 0.1) is 4.90 Å². The van der Waals surface area contributed by atoms with Crippen molar-refractivity contribution in [2.24, 2.45) is 0 Å². The highest BCUT2D eigenvalue weighted by Crippen LogP contribution is 2.29. The lowest BCUT2D eigenvalue weighted by Gasteiger charge is -2.22. The third kappa shape index (κ3) is 2.98. The Morgan fingerprint density at radius 2 is 1.84 bits per heavy atom. The van der Waals surface area contributed by atoms with E-state index in [1.54, 1.807) is 20.9 Å². The summed E-state index contributed by atoms with van der Waals surface area (Å²) in [5, 5.41) is 0. The summed E-state index contributed by atoms with van der Waals surface area (Å²) in [6.07, 6.45) is 0. The minimum absolute atomic E-state index is 0.301. The number of benzene rings is 1. The van der Waals surface area contributed by atoms with Gasteiger partial charge in [-0.1, -0.05) is 12.2 Å². The molecule has 0 aliphatic heterocycles. The average Bonchev–Trinajstić information content (AvgIpc) is 2.25. The lowest BCUT2D eigenvalue weighted by Crippen LogP contribution is -2.30. The first-order chi connectivity index (χ1) is 8.59. The summed E-state index contributed by atoms with van der Waals surface area (Å²) in [4.78, 5) is 0.314. The van der Waals surface area contributed by atoms with Gasteiger partial charge in [0.15, 0.2) is 0 Å². The molecular weight excluding hydrogens is 260 g/mol. The van der Waals surface area contributed by atoms with Gasteiger partial charge in [0.1, 0.15) is 0 Å². The van der Waals surface area contributed by atoms with Crippen molar-refractivity contribution in [1.29, 1.82) is 0 Å². The Hall–Kier alpha value is -1.33. The van der Waals surface area contributed by atoms with Crippen LogP contribution in [0.5, 0.6) is 0 Å². The quantitative estimate of drug-likeness (QED) is 0.681. The highest BCUT2D eigenvalue weighted by molar-refractivity contribution is 7.89. The van der Waals surface area contributed by atoms with E-state index in [-0.39, 0.29) is 0 Å². The number of nitrogen functional groups attached to an aromatic ring is 1. The van der Waals surface area contributed by atoms with E-state index < -0.39 is 10.0 Å². The molecule has 0 aliphatic carbocycles. The molecule has 1 rings (SSSR count). The van der Waals surface area contributed by atoms with E-state index in [2.05, 4.69) is 6.58 Å². The maximum atomic E-state index is 12.6. The van der Waals surface area contributed by atoms with Gasteiger partial charge in [-0.2, -0.15) is 4.31 Å². The Labute approximate surface area is 116 Å². The second-order valence-corrected chi connectivity index (χ2v) is 7.06. The topological polar surface area (TPSA) is 63.4 Å². The van der Waals surface area contributed by atoms with Gasteiger partial charge in [-0.15, -0.1) is 0 Å². The van der Waals surface area contributed by atoms with E-state index in [0.717, 1.165) is 16.7 Å². The first kappa shape index (κ1) is 15.7. The third-order valence-corrected chi connectivity index (χ3v) is 5.32. The molecule has 0 saturated heterocycles. The summed E-state index contributed by atoms with van der Waals surface area (Å²) in [7, 11) is -1.99. The van der Waals surface area contributed by atoms with Crippen LogP contribution in [0.25, 0.3) is 0 Å². The smallest absolute Gasteiger partial charge is 0.243 e. The molecule has 0 aromatic heterocycles. The monoisotopic (exact) mass is 282 g/mol. The number of aryl methyl sites for hydroxylation is 1. The molecule has 0 aliphatic rings. The summed E-state index contributed by atoms with van der Waals surface area (Å²) in [6, 6.07) is 1.81. The fraction of sp³-hybridized carbons (Fsp3) is 0.429. The molecule has 0 fully saturated rings. The van der Waals surface area contributed by atoms with Crippen LogP contribution in [0.4, 0.5) is 5.69 Å². The van der Waals surface area contributed by atoms with Gasteiger partial charge in [0.25, 0.3) is 0 Å². The molecule has 0 heterocycles. The van der Waals surface area contributed by atoms with Crippen molar-refractivity contribution < 1.29 is 8.42 Å². The molecule has 4 nitrogen and oxygen atoms in total. The van der Waals surface area contributed by atoms with Crippen LogP contribution in [0.1, 0.15) is 23.6 Å². The van der Waals surface area contributed by atoms with Crippen LogP contribution in [-0.2, 0) is 10.0 Å². The Bertz CT molecular complexity index is 593. The van der Waals surface area contributed by atoms with E-state index in [4.69, 9.17) is 5.73 Å². The van der Waals surface area contributed by atoms with Gasteiger partial charge < -0.3 is 5.73 Å². The van der Waals surface area contributed by atoms with E-state index in [9.17, 15) is 8.42 Å². The molecule has 0 radical (unpaired) electrons. The standard InChI is InChI=1S/C14H22N2O2S/c1-9(2)8-16(6)19(17,18)14-11(4)10(3)7-13(15)12(14)5/h7H,1,8,15H2,2-6H3. The molecule has 0 atom stereocenters. The van der Waals surface area contributed by atoms with Crippen LogP contribution in [0.3, 0.4) is 0 Å². The number of nitrogens with zero attached hydrogens (tertiary/aromatic N) is 1. The first-order valence-corrected chi connectivity index (χ1v) is 7.50. The Kier molecular flexibility index (Phi) is 4.43. The number of hydrogen-bond acceptors (Lipinski definition) is 3. The van der Waals surface area contributed by atoms with Gasteiger partial charge in [0.2, 0.25) is 10.0 Å². The molecule has 5 heteroatoms. The second kappa shape index (κ2) is 5.35. The summed E-state index contributed by atoms with van der Waals surface area (Å²) < 4.78 is 26.6. The zero-order chi connectivity index (χ0) is 15.0. The van der Waals surface area contributed by atoms with Crippen LogP contribution in [0, 0.1) is 20.8 Å². The van der Waals surface area contributed by atoms with Crippen LogP contribution in [0.2, 0.25) is 0 Å². The molecule has 2 N–H and O–H groups in total. The highest BCUT2D eigenvalue weighted by atomic mass is 32.2. The Morgan fingerprint density at radius 3 is 2.32 bits per heavy atom. The minimum atomic E-state index is -3.55. The number of rotatable bonds is 4. The molecule has 0 saturated carbocycles. The normalized spacial score (nSPS) is 11.9. The van der Waals surface area contributed by atoms with Crippen molar-refractivity contribution in [2.75, 3.05) is 19.3 Å². The first-order valence-electron chi connectivity index (χ1n) is 6.06. The maximum absolute atomic E-state index is 12.6. The van der Waals surface area contributed by atoms with Crippen LogP contribution in [-0.4, -0.2) is 26.3 Å². The average molecular weight is 282 g/mol. The largest absolute Gasteiger partial charge is 0.398 e. The fourth-order valence-electron chi connectivity index (χ4n) is 2.05. The highest BCUT2D eigenvalue weighted by Gasteiger charge is 2.26. The summed E-state index contributed by atoms with van der Waals surface area (Å²) in [5.41, 5.74) is 9.42. The molecule has 1 aromatic rings. The minimum Gasteiger partial charge on any atom is -0.398 e. The molecule has 106 valence electrons. The van der Waals surface area contributed by atoms with E-state index in [1.807, 2.05) is 19.9 Å². The number of anilines is 1. The number of likely N-dealkylation sites (N-methyl/N-ethyl adjacent to an activating group) is 1. The number of nitrogens with two attached hydrogens (primary N) is 1. The van der Waals surface area contributed by atoms with E-state index >= 15 is 0 Å². The van der Waals surface area contributed by atoms with Crippen LogP contribution in [0.15, 0.2) is 23.1 Å². The maximum Gasteiger partial charge on any atom is 0.243 e. The van der Waals surface area contributed by atoms with Crippen molar-refractivity contribution in [3.8, 4) is 0 Å². The zero-order valence-corrected chi connectivity index (χ0v) is 13.1. The third-order valence-electron chi connectivity index (χ3n) is 3.24. The lowest BCUT2D eigenvalue weighted by atomic mass is 10.1. The number of hydrogen-bond donors (Lipinski definition) is 1. The molecule has 0 amide bonds. The zero-order valence-electron chi connectivity index (χ0n) is 12.2. The van der Waals surface area contributed by atoms with Gasteiger partial charge in [-0.05, 0) is 50.5 Å². The number of sulfonamides is 1. The van der Waals surface area contributed by atoms with Gasteiger partial charge in [-0.3, -0.25) is 0 Å². The van der Waals surface area contributed by atoms with Crippen molar-refractivity contribution in [1.82, 2.24) is 4.31 Å². The predicted molar refractivity (Wildman–Crippen MR) is 79.7 cm³/mol. The molecule has 0 spiro atoms. The van der Waals surface area contributed by atoms with Crippen molar-refractivity contribution >= 4 is 15.7 Å². The van der Waals surface area contributed by atoms with Crippen LogP contribution >= 0.6 is 0 Å². The summed E-state index contributed by atoms with van der Waals surface area (Å²) in [6.45, 7) is 11.3. The molecule has 1 aromatic carbocycles. The fourth-order valence-corrected chi connectivity index (χ4v) is 3.80. The lowest BCUT2D eigenvalue weighted by molar-refractivity contribution is 0.492. The van der Waals surface area contributed by atoms with E-state index in [1.165, 1.54) is 4.31 Å². The molecular formula is C14H22N2O2S.